The van der Waals surface area contributed by atoms with Gasteiger partial charge in [0.15, 0.2) is 5.78 Å². The molecule has 2 aromatic carbocycles. The van der Waals surface area contributed by atoms with Crippen molar-refractivity contribution in [2.45, 2.75) is 71.1 Å². The molecule has 1 heterocycles. The third-order valence-electron chi connectivity index (χ3n) is 6.15. The quantitative estimate of drug-likeness (QED) is 0.0588. The Kier molecular flexibility index (Phi) is 12.7. The van der Waals surface area contributed by atoms with E-state index in [1.54, 1.807) is 72.0 Å². The monoisotopic (exact) mass is 518 g/mol. The van der Waals surface area contributed by atoms with Gasteiger partial charge in [-0.25, -0.2) is 4.79 Å². The van der Waals surface area contributed by atoms with Crippen molar-refractivity contribution in [3.63, 3.8) is 0 Å². The first-order valence-electron chi connectivity index (χ1n) is 13.5. The molecule has 0 radical (unpaired) electrons. The lowest BCUT2D eigenvalue weighted by Crippen LogP contribution is -2.08. The molecule has 0 spiro atoms. The Labute approximate surface area is 225 Å². The molecule has 0 aliphatic rings. The number of carbonyl (C=O) groups excluding carboxylic acids is 2. The summed E-state index contributed by atoms with van der Waals surface area (Å²) in [5.74, 6) is 0.605. The van der Waals surface area contributed by atoms with Crippen LogP contribution in [-0.4, -0.2) is 18.4 Å². The van der Waals surface area contributed by atoms with Crippen molar-refractivity contribution >= 4 is 29.2 Å². The predicted molar refractivity (Wildman–Crippen MR) is 153 cm³/mol. The number of rotatable bonds is 17. The van der Waals surface area contributed by atoms with Crippen molar-refractivity contribution < 1.29 is 19.1 Å². The Balaban J connectivity index is 1.33. The van der Waals surface area contributed by atoms with E-state index in [9.17, 15) is 9.59 Å². The van der Waals surface area contributed by atoms with Crippen LogP contribution in [0.5, 0.6) is 11.5 Å². The molecule has 4 nitrogen and oxygen atoms in total. The number of ketones is 1. The van der Waals surface area contributed by atoms with Crippen LogP contribution in [-0.2, 0) is 0 Å². The number of ether oxygens (including phenoxy) is 2. The topological polar surface area (TPSA) is 52.6 Å². The second kappa shape index (κ2) is 16.5. The average Bonchev–Trinajstić information content (AvgIpc) is 3.45. The Morgan fingerprint density at radius 1 is 0.730 bits per heavy atom. The molecule has 0 amide bonds. The van der Waals surface area contributed by atoms with Gasteiger partial charge in [0.25, 0.3) is 0 Å². The lowest BCUT2D eigenvalue weighted by Gasteiger charge is -2.08. The molecule has 0 saturated carbocycles. The molecule has 3 rings (SSSR count). The maximum absolute atomic E-state index is 12.5. The highest BCUT2D eigenvalue weighted by molar-refractivity contribution is 7.10. The Morgan fingerprint density at radius 2 is 1.32 bits per heavy atom. The zero-order valence-corrected chi connectivity index (χ0v) is 22.6. The second-order valence-electron chi connectivity index (χ2n) is 9.18. The summed E-state index contributed by atoms with van der Waals surface area (Å²) in [7, 11) is 0. The van der Waals surface area contributed by atoms with Gasteiger partial charge < -0.3 is 9.47 Å². The minimum absolute atomic E-state index is 0.0975. The van der Waals surface area contributed by atoms with Gasteiger partial charge in [0, 0.05) is 10.4 Å². The highest BCUT2D eigenvalue weighted by atomic mass is 32.1. The van der Waals surface area contributed by atoms with Crippen LogP contribution in [0.25, 0.3) is 6.08 Å². The summed E-state index contributed by atoms with van der Waals surface area (Å²) in [6.45, 7) is 2.94. The van der Waals surface area contributed by atoms with E-state index >= 15 is 0 Å². The summed E-state index contributed by atoms with van der Waals surface area (Å²) in [6.07, 6.45) is 16.3. The zero-order valence-electron chi connectivity index (χ0n) is 21.8. The van der Waals surface area contributed by atoms with Crippen molar-refractivity contribution in [1.82, 2.24) is 0 Å². The molecule has 0 aliphatic heterocycles. The van der Waals surface area contributed by atoms with Crippen LogP contribution in [0.4, 0.5) is 0 Å². The molecule has 0 atom stereocenters. The maximum Gasteiger partial charge on any atom is 0.343 e. The van der Waals surface area contributed by atoms with Gasteiger partial charge >= 0.3 is 5.97 Å². The van der Waals surface area contributed by atoms with Crippen LogP contribution in [0, 0.1) is 0 Å². The van der Waals surface area contributed by atoms with Gasteiger partial charge in [0.1, 0.15) is 11.5 Å². The molecule has 37 heavy (non-hydrogen) atoms. The molecule has 196 valence electrons. The number of hydrogen-bond donors (Lipinski definition) is 0. The Hall–Kier alpha value is -3.18. The average molecular weight is 519 g/mol. The number of unbranched alkanes of at least 4 members (excludes halogenated alkanes) is 9. The summed E-state index contributed by atoms with van der Waals surface area (Å²) in [5, 5.41) is 1.97. The second-order valence-corrected chi connectivity index (χ2v) is 10.2. The van der Waals surface area contributed by atoms with Crippen LogP contribution in [0.15, 0.2) is 72.1 Å². The molecule has 0 fully saturated rings. The van der Waals surface area contributed by atoms with Crippen molar-refractivity contribution in [2.75, 3.05) is 6.61 Å². The summed E-state index contributed by atoms with van der Waals surface area (Å²) in [5.41, 5.74) is 0.988. The lowest BCUT2D eigenvalue weighted by atomic mass is 10.1. The van der Waals surface area contributed by atoms with Gasteiger partial charge in [-0.15, -0.1) is 11.3 Å². The van der Waals surface area contributed by atoms with E-state index in [1.807, 2.05) is 17.5 Å². The number of allylic oxidation sites excluding steroid dienone is 1. The molecule has 0 unspecified atom stereocenters. The van der Waals surface area contributed by atoms with E-state index in [2.05, 4.69) is 6.92 Å². The molecular formula is C32H38O4S. The first-order chi connectivity index (χ1) is 18.2. The lowest BCUT2D eigenvalue weighted by molar-refractivity contribution is 0.0734. The Bertz CT molecular complexity index is 1080. The van der Waals surface area contributed by atoms with Gasteiger partial charge in [-0.05, 0) is 78.6 Å². The number of carbonyl (C=O) groups is 2. The van der Waals surface area contributed by atoms with Gasteiger partial charge in [-0.2, -0.15) is 0 Å². The molecule has 0 aliphatic carbocycles. The minimum atomic E-state index is -0.446. The standard InChI is InChI=1S/C32H38O4S/c1-2-3-4-5-6-7-8-9-10-11-24-35-28-18-16-27(17-19-28)32(34)36-29-20-14-26(15-21-29)31(33)23-22-30-13-12-25-37-30/h12-23,25H,2-11,24H2,1H3/b23-22+. The number of esters is 1. The summed E-state index contributed by atoms with van der Waals surface area (Å²) in [6, 6.07) is 17.5. The highest BCUT2D eigenvalue weighted by Gasteiger charge is 2.10. The number of hydrogen-bond acceptors (Lipinski definition) is 5. The molecule has 0 bridgehead atoms. The van der Waals surface area contributed by atoms with E-state index in [0.717, 1.165) is 17.0 Å². The molecule has 0 N–H and O–H groups in total. The Morgan fingerprint density at radius 3 is 1.95 bits per heavy atom. The fourth-order valence-electron chi connectivity index (χ4n) is 3.96. The number of thiophene rings is 1. The van der Waals surface area contributed by atoms with Crippen LogP contribution in [0.1, 0.15) is 96.7 Å². The van der Waals surface area contributed by atoms with Crippen molar-refractivity contribution in [3.8, 4) is 11.5 Å². The molecule has 5 heteroatoms. The fraction of sp³-hybridized carbons (Fsp3) is 0.375. The predicted octanol–water partition coefficient (Wildman–Crippen LogP) is 9.16. The van der Waals surface area contributed by atoms with Crippen molar-refractivity contribution in [3.05, 3.63) is 88.1 Å². The fourth-order valence-corrected chi connectivity index (χ4v) is 4.58. The minimum Gasteiger partial charge on any atom is -0.494 e. The maximum atomic E-state index is 12.5. The first kappa shape index (κ1) is 28.4. The highest BCUT2D eigenvalue weighted by Crippen LogP contribution is 2.18. The summed E-state index contributed by atoms with van der Waals surface area (Å²) in [4.78, 5) is 25.8. The molecule has 0 saturated heterocycles. The summed E-state index contributed by atoms with van der Waals surface area (Å²) < 4.78 is 11.3. The van der Waals surface area contributed by atoms with Crippen LogP contribution in [0.3, 0.4) is 0 Å². The SMILES string of the molecule is CCCCCCCCCCCCOc1ccc(C(=O)Oc2ccc(C(=O)/C=C/c3cccs3)cc2)cc1. The first-order valence-corrected chi connectivity index (χ1v) is 14.3. The third-order valence-corrected chi connectivity index (χ3v) is 6.99. The van der Waals surface area contributed by atoms with Crippen LogP contribution in [0.2, 0.25) is 0 Å². The van der Waals surface area contributed by atoms with Gasteiger partial charge in [0.05, 0.1) is 12.2 Å². The van der Waals surface area contributed by atoms with Crippen LogP contribution < -0.4 is 9.47 Å². The van der Waals surface area contributed by atoms with E-state index in [-0.39, 0.29) is 5.78 Å². The third kappa shape index (κ3) is 10.8. The summed E-state index contributed by atoms with van der Waals surface area (Å²) >= 11 is 1.57. The van der Waals surface area contributed by atoms with Crippen LogP contribution >= 0.6 is 11.3 Å². The van der Waals surface area contributed by atoms with Crippen molar-refractivity contribution in [1.29, 1.82) is 0 Å². The molecule has 1 aromatic heterocycles. The normalized spacial score (nSPS) is 11.1. The largest absolute Gasteiger partial charge is 0.494 e. The smallest absolute Gasteiger partial charge is 0.343 e. The van der Waals surface area contributed by atoms with Crippen molar-refractivity contribution in [2.24, 2.45) is 0 Å². The van der Waals surface area contributed by atoms with E-state index in [1.165, 1.54) is 57.8 Å². The van der Waals surface area contributed by atoms with E-state index in [0.29, 0.717) is 23.5 Å². The van der Waals surface area contributed by atoms with Gasteiger partial charge in [-0.3, -0.25) is 4.79 Å². The van der Waals surface area contributed by atoms with Gasteiger partial charge in [0.2, 0.25) is 0 Å². The van der Waals surface area contributed by atoms with E-state index < -0.39 is 5.97 Å². The van der Waals surface area contributed by atoms with Gasteiger partial charge in [-0.1, -0.05) is 70.8 Å². The number of benzene rings is 2. The molecular weight excluding hydrogens is 480 g/mol. The van der Waals surface area contributed by atoms with E-state index in [4.69, 9.17) is 9.47 Å². The zero-order chi connectivity index (χ0) is 26.1. The molecule has 3 aromatic rings.